The van der Waals surface area contributed by atoms with Crippen molar-refractivity contribution in [3.8, 4) is 5.75 Å². The minimum Gasteiger partial charge on any atom is -0.487 e. The molecule has 6 heteroatoms. The third-order valence-electron chi connectivity index (χ3n) is 3.01. The van der Waals surface area contributed by atoms with Gasteiger partial charge in [0.2, 0.25) is 0 Å². The van der Waals surface area contributed by atoms with E-state index in [2.05, 4.69) is 5.10 Å². The largest absolute Gasteiger partial charge is 0.487 e. The van der Waals surface area contributed by atoms with E-state index in [0.29, 0.717) is 17.9 Å². The SMILES string of the molecule is Cn1ncc(C(=O)O)c1COc1ccccc1CCO. The van der Waals surface area contributed by atoms with Gasteiger partial charge in [0.25, 0.3) is 0 Å². The fourth-order valence-electron chi connectivity index (χ4n) is 1.93. The number of aliphatic hydroxyl groups is 1. The quantitative estimate of drug-likeness (QED) is 0.829. The summed E-state index contributed by atoms with van der Waals surface area (Å²) in [7, 11) is 1.67. The van der Waals surface area contributed by atoms with Gasteiger partial charge in [-0.1, -0.05) is 18.2 Å². The Morgan fingerprint density at radius 3 is 2.85 bits per heavy atom. The second-order valence-electron chi connectivity index (χ2n) is 4.30. The van der Waals surface area contributed by atoms with Gasteiger partial charge in [-0.05, 0) is 18.1 Å². The van der Waals surface area contributed by atoms with Gasteiger partial charge in [0, 0.05) is 13.7 Å². The van der Waals surface area contributed by atoms with Crippen molar-refractivity contribution in [2.45, 2.75) is 13.0 Å². The molecule has 0 saturated heterocycles. The van der Waals surface area contributed by atoms with Crippen molar-refractivity contribution < 1.29 is 19.7 Å². The van der Waals surface area contributed by atoms with Crippen LogP contribution >= 0.6 is 0 Å². The number of para-hydroxylation sites is 1. The molecule has 0 fully saturated rings. The molecule has 1 aromatic heterocycles. The molecule has 6 nitrogen and oxygen atoms in total. The van der Waals surface area contributed by atoms with Crippen LogP contribution in [0.4, 0.5) is 0 Å². The first kappa shape index (κ1) is 14.1. The van der Waals surface area contributed by atoms with Crippen LogP contribution in [0.2, 0.25) is 0 Å². The molecule has 0 saturated carbocycles. The number of benzene rings is 1. The van der Waals surface area contributed by atoms with Crippen molar-refractivity contribution in [3.63, 3.8) is 0 Å². The lowest BCUT2D eigenvalue weighted by molar-refractivity contribution is 0.0693. The maximum absolute atomic E-state index is 11.1. The molecule has 2 N–H and O–H groups in total. The number of carboxylic acid groups (broad SMARTS) is 1. The van der Waals surface area contributed by atoms with Gasteiger partial charge in [-0.2, -0.15) is 5.10 Å². The van der Waals surface area contributed by atoms with Crippen molar-refractivity contribution in [3.05, 3.63) is 47.3 Å². The molecule has 2 rings (SSSR count). The fraction of sp³-hybridized carbons (Fsp3) is 0.286. The summed E-state index contributed by atoms with van der Waals surface area (Å²) < 4.78 is 7.15. The van der Waals surface area contributed by atoms with Crippen LogP contribution < -0.4 is 4.74 Å². The predicted molar refractivity (Wildman–Crippen MR) is 71.7 cm³/mol. The number of carbonyl (C=O) groups is 1. The van der Waals surface area contributed by atoms with Gasteiger partial charge in [0.05, 0.1) is 11.9 Å². The second-order valence-corrected chi connectivity index (χ2v) is 4.30. The van der Waals surface area contributed by atoms with E-state index in [1.54, 1.807) is 13.1 Å². The van der Waals surface area contributed by atoms with E-state index < -0.39 is 5.97 Å². The van der Waals surface area contributed by atoms with Crippen LogP contribution in [-0.2, 0) is 20.1 Å². The Morgan fingerprint density at radius 1 is 1.40 bits per heavy atom. The molecule has 0 aliphatic carbocycles. The zero-order chi connectivity index (χ0) is 14.5. The molecule has 106 valence electrons. The number of ether oxygens (including phenoxy) is 1. The average molecular weight is 276 g/mol. The van der Waals surface area contributed by atoms with Gasteiger partial charge in [-0.15, -0.1) is 0 Å². The predicted octanol–water partition coefficient (Wildman–Crippen LogP) is 1.23. The lowest BCUT2D eigenvalue weighted by Crippen LogP contribution is -2.09. The Bertz CT molecular complexity index is 607. The van der Waals surface area contributed by atoms with E-state index in [9.17, 15) is 4.79 Å². The molecule has 0 amide bonds. The maximum atomic E-state index is 11.1. The normalized spacial score (nSPS) is 10.5. The highest BCUT2D eigenvalue weighted by Crippen LogP contribution is 2.20. The van der Waals surface area contributed by atoms with Gasteiger partial charge >= 0.3 is 5.97 Å². The smallest absolute Gasteiger partial charge is 0.339 e. The van der Waals surface area contributed by atoms with E-state index >= 15 is 0 Å². The highest BCUT2D eigenvalue weighted by molar-refractivity contribution is 5.88. The molecule has 0 atom stereocenters. The summed E-state index contributed by atoms with van der Waals surface area (Å²) in [4.78, 5) is 11.1. The molecular formula is C14H16N2O4. The molecular weight excluding hydrogens is 260 g/mol. The van der Waals surface area contributed by atoms with Crippen molar-refractivity contribution in [2.75, 3.05) is 6.61 Å². The molecule has 0 bridgehead atoms. The molecule has 0 aliphatic heterocycles. The van der Waals surface area contributed by atoms with Crippen LogP contribution in [0.3, 0.4) is 0 Å². The third-order valence-corrected chi connectivity index (χ3v) is 3.01. The highest BCUT2D eigenvalue weighted by Gasteiger charge is 2.15. The van der Waals surface area contributed by atoms with Gasteiger partial charge in [-0.3, -0.25) is 4.68 Å². The lowest BCUT2D eigenvalue weighted by atomic mass is 10.1. The number of hydrogen-bond donors (Lipinski definition) is 2. The topological polar surface area (TPSA) is 84.6 Å². The van der Waals surface area contributed by atoms with Crippen LogP contribution in [-0.4, -0.2) is 32.6 Å². The molecule has 1 heterocycles. The first-order valence-corrected chi connectivity index (χ1v) is 6.19. The number of aromatic carboxylic acids is 1. The summed E-state index contributed by atoms with van der Waals surface area (Å²) >= 11 is 0. The molecule has 0 radical (unpaired) electrons. The molecule has 20 heavy (non-hydrogen) atoms. The van der Waals surface area contributed by atoms with Gasteiger partial charge in [0.1, 0.15) is 17.9 Å². The van der Waals surface area contributed by atoms with Crippen LogP contribution in [0.25, 0.3) is 0 Å². The van der Waals surface area contributed by atoms with E-state index in [0.717, 1.165) is 5.56 Å². The number of nitrogens with zero attached hydrogens (tertiary/aromatic N) is 2. The van der Waals surface area contributed by atoms with Crippen LogP contribution in [0.5, 0.6) is 5.75 Å². The van der Waals surface area contributed by atoms with E-state index in [1.807, 2.05) is 18.2 Å². The maximum Gasteiger partial charge on any atom is 0.339 e. The summed E-state index contributed by atoms with van der Waals surface area (Å²) in [6.45, 7) is 0.146. The Balaban J connectivity index is 2.17. The van der Waals surface area contributed by atoms with Crippen molar-refractivity contribution >= 4 is 5.97 Å². The molecule has 1 aromatic carbocycles. The Hall–Kier alpha value is -2.34. The minimum absolute atomic E-state index is 0.0342. The number of aryl methyl sites for hydroxylation is 1. The monoisotopic (exact) mass is 276 g/mol. The molecule has 0 unspecified atom stereocenters. The Morgan fingerprint density at radius 2 is 2.15 bits per heavy atom. The van der Waals surface area contributed by atoms with Crippen molar-refractivity contribution in [1.29, 1.82) is 0 Å². The van der Waals surface area contributed by atoms with Gasteiger partial charge in [-0.25, -0.2) is 4.79 Å². The molecule has 0 aliphatic rings. The second kappa shape index (κ2) is 6.21. The van der Waals surface area contributed by atoms with Gasteiger partial charge in [0.15, 0.2) is 0 Å². The van der Waals surface area contributed by atoms with Crippen LogP contribution in [0.15, 0.2) is 30.5 Å². The highest BCUT2D eigenvalue weighted by atomic mass is 16.5. The lowest BCUT2D eigenvalue weighted by Gasteiger charge is -2.11. The molecule has 0 spiro atoms. The summed E-state index contributed by atoms with van der Waals surface area (Å²) in [6, 6.07) is 7.36. The van der Waals surface area contributed by atoms with Crippen molar-refractivity contribution in [1.82, 2.24) is 9.78 Å². The fourth-order valence-corrected chi connectivity index (χ4v) is 1.93. The van der Waals surface area contributed by atoms with Crippen molar-refractivity contribution in [2.24, 2.45) is 7.05 Å². The Labute approximate surface area is 116 Å². The summed E-state index contributed by atoms with van der Waals surface area (Å²) in [5.41, 5.74) is 1.51. The summed E-state index contributed by atoms with van der Waals surface area (Å²) in [6.07, 6.45) is 1.80. The number of hydrogen-bond acceptors (Lipinski definition) is 4. The third kappa shape index (κ3) is 2.97. The number of aliphatic hydroxyl groups excluding tert-OH is 1. The minimum atomic E-state index is -1.03. The van der Waals surface area contributed by atoms with E-state index in [1.165, 1.54) is 10.9 Å². The number of aromatic nitrogens is 2. The van der Waals surface area contributed by atoms with Crippen LogP contribution in [0.1, 0.15) is 21.6 Å². The van der Waals surface area contributed by atoms with E-state index in [-0.39, 0.29) is 18.8 Å². The molecule has 2 aromatic rings. The zero-order valence-corrected chi connectivity index (χ0v) is 11.1. The average Bonchev–Trinajstić information content (AvgIpc) is 2.79. The van der Waals surface area contributed by atoms with E-state index in [4.69, 9.17) is 14.9 Å². The summed E-state index contributed by atoms with van der Waals surface area (Å²) in [5, 5.41) is 22.0. The first-order valence-electron chi connectivity index (χ1n) is 6.19. The number of carboxylic acids is 1. The van der Waals surface area contributed by atoms with Gasteiger partial charge < -0.3 is 14.9 Å². The summed E-state index contributed by atoms with van der Waals surface area (Å²) in [5.74, 6) is -0.389. The van der Waals surface area contributed by atoms with Crippen LogP contribution in [0, 0.1) is 0 Å². The zero-order valence-electron chi connectivity index (χ0n) is 11.1. The Kier molecular flexibility index (Phi) is 4.37. The number of rotatable bonds is 6. The standard InChI is InChI=1S/C14H16N2O4/c1-16-12(11(8-15-16)14(18)19)9-20-13-5-3-2-4-10(13)6-7-17/h2-5,8,17H,6-7,9H2,1H3,(H,18,19). The first-order chi connectivity index (χ1) is 9.63.